The average molecular weight is 175 g/mol. The molecule has 0 unspecified atom stereocenters. The molecule has 0 aliphatic carbocycles. The van der Waals surface area contributed by atoms with E-state index < -0.39 is 0 Å². The zero-order chi connectivity index (χ0) is 8.85. The van der Waals surface area contributed by atoms with Crippen molar-refractivity contribution in [1.82, 2.24) is 15.8 Å². The molecule has 0 aromatic rings. The maximum atomic E-state index is 5.05. The highest BCUT2D eigenvalue weighted by atomic mass is 32.1. The topological polar surface area (TPSA) is 27.3 Å². The molecule has 0 heterocycles. The highest BCUT2D eigenvalue weighted by molar-refractivity contribution is 7.80. The lowest BCUT2D eigenvalue weighted by molar-refractivity contribution is 0.298. The normalized spacial score (nSPS) is 9.91. The summed E-state index contributed by atoms with van der Waals surface area (Å²) in [6, 6.07) is 0. The lowest BCUT2D eigenvalue weighted by Crippen LogP contribution is -2.47. The van der Waals surface area contributed by atoms with Crippen molar-refractivity contribution in [3.8, 4) is 0 Å². The summed E-state index contributed by atoms with van der Waals surface area (Å²) in [5.41, 5.74) is 3.01. The van der Waals surface area contributed by atoms with E-state index in [-0.39, 0.29) is 0 Å². The number of hydrogen-bond donors (Lipinski definition) is 2. The van der Waals surface area contributed by atoms with Gasteiger partial charge in [-0.1, -0.05) is 13.8 Å². The van der Waals surface area contributed by atoms with Gasteiger partial charge in [0.1, 0.15) is 0 Å². The summed E-state index contributed by atoms with van der Waals surface area (Å²) >= 11 is 5.05. The summed E-state index contributed by atoms with van der Waals surface area (Å²) in [5, 5.41) is 5.57. The number of nitrogens with zero attached hydrogens (tertiary/aromatic N) is 1. The van der Waals surface area contributed by atoms with Crippen molar-refractivity contribution < 1.29 is 0 Å². The Balaban J connectivity index is 3.84. The van der Waals surface area contributed by atoms with Gasteiger partial charge in [0.2, 0.25) is 0 Å². The Hall–Kier alpha value is -0.350. The van der Waals surface area contributed by atoms with E-state index >= 15 is 0 Å². The van der Waals surface area contributed by atoms with Gasteiger partial charge >= 0.3 is 0 Å². The molecule has 0 aliphatic rings. The molecule has 0 aromatic carbocycles. The van der Waals surface area contributed by atoms with E-state index in [2.05, 4.69) is 24.6 Å². The summed E-state index contributed by atoms with van der Waals surface area (Å²) in [6.07, 6.45) is 0. The molecule has 0 saturated carbocycles. The van der Waals surface area contributed by atoms with E-state index in [4.69, 9.17) is 12.2 Å². The van der Waals surface area contributed by atoms with Crippen molar-refractivity contribution in [3.05, 3.63) is 0 Å². The van der Waals surface area contributed by atoms with Crippen LogP contribution >= 0.6 is 12.2 Å². The van der Waals surface area contributed by atoms with Gasteiger partial charge in [0.05, 0.1) is 0 Å². The summed E-state index contributed by atoms with van der Waals surface area (Å²) in [6.45, 7) is 5.24. The van der Waals surface area contributed by atoms with E-state index in [1.165, 1.54) is 0 Å². The number of hydrazine groups is 1. The van der Waals surface area contributed by atoms with Gasteiger partial charge in [-0.2, -0.15) is 0 Å². The van der Waals surface area contributed by atoms with E-state index in [9.17, 15) is 0 Å². The molecule has 0 bridgehead atoms. The van der Waals surface area contributed by atoms with Crippen LogP contribution in [0.1, 0.15) is 13.8 Å². The third-order valence-corrected chi connectivity index (χ3v) is 1.70. The van der Waals surface area contributed by atoms with Crippen LogP contribution < -0.4 is 10.7 Å². The molecule has 0 amide bonds. The Kier molecular flexibility index (Phi) is 5.15. The monoisotopic (exact) mass is 175 g/mol. The molecular formula is C7H17N3S. The minimum Gasteiger partial charge on any atom is -0.365 e. The van der Waals surface area contributed by atoms with Gasteiger partial charge in [0, 0.05) is 20.6 Å². The van der Waals surface area contributed by atoms with Crippen LogP contribution in [0.15, 0.2) is 0 Å². The van der Waals surface area contributed by atoms with E-state index in [0.29, 0.717) is 5.92 Å². The summed E-state index contributed by atoms with van der Waals surface area (Å²) in [5.74, 6) is 0.605. The minimum atomic E-state index is 0.605. The van der Waals surface area contributed by atoms with Crippen molar-refractivity contribution in [2.45, 2.75) is 13.8 Å². The van der Waals surface area contributed by atoms with Crippen LogP contribution in [0, 0.1) is 5.92 Å². The molecule has 66 valence electrons. The van der Waals surface area contributed by atoms with Gasteiger partial charge in [-0.05, 0) is 18.1 Å². The van der Waals surface area contributed by atoms with Gasteiger partial charge in [-0.3, -0.25) is 5.01 Å². The van der Waals surface area contributed by atoms with Crippen molar-refractivity contribution >= 4 is 17.3 Å². The molecule has 0 radical (unpaired) electrons. The number of rotatable bonds is 3. The van der Waals surface area contributed by atoms with Crippen LogP contribution in [-0.2, 0) is 0 Å². The maximum Gasteiger partial charge on any atom is 0.183 e. The van der Waals surface area contributed by atoms with Crippen molar-refractivity contribution in [2.75, 3.05) is 20.6 Å². The van der Waals surface area contributed by atoms with Crippen molar-refractivity contribution in [3.63, 3.8) is 0 Å². The highest BCUT2D eigenvalue weighted by Gasteiger charge is 2.06. The van der Waals surface area contributed by atoms with Crippen LogP contribution in [0.2, 0.25) is 0 Å². The maximum absolute atomic E-state index is 5.05. The Morgan fingerprint density at radius 3 is 2.27 bits per heavy atom. The van der Waals surface area contributed by atoms with Crippen LogP contribution in [0.3, 0.4) is 0 Å². The van der Waals surface area contributed by atoms with Crippen LogP contribution in [0.25, 0.3) is 0 Å². The second-order valence-electron chi connectivity index (χ2n) is 2.78. The molecule has 0 fully saturated rings. The van der Waals surface area contributed by atoms with Crippen LogP contribution in [-0.4, -0.2) is 30.8 Å². The lowest BCUT2D eigenvalue weighted by Gasteiger charge is -2.24. The standard InChI is InChI=1S/C7H17N3S/c1-6(2)5-10(9-4)7(11)8-3/h6,9H,5H2,1-4H3,(H,8,11). The van der Waals surface area contributed by atoms with Crippen molar-refractivity contribution in [2.24, 2.45) is 5.92 Å². The Labute approximate surface area is 74.1 Å². The zero-order valence-corrected chi connectivity index (χ0v) is 8.46. The highest BCUT2D eigenvalue weighted by Crippen LogP contribution is 1.95. The molecule has 11 heavy (non-hydrogen) atoms. The van der Waals surface area contributed by atoms with Crippen LogP contribution in [0.5, 0.6) is 0 Å². The molecule has 2 N–H and O–H groups in total. The first-order valence-corrected chi connectivity index (χ1v) is 4.19. The average Bonchev–Trinajstić information content (AvgIpc) is 1.98. The fourth-order valence-corrected chi connectivity index (χ4v) is 0.942. The summed E-state index contributed by atoms with van der Waals surface area (Å²) in [4.78, 5) is 0. The predicted molar refractivity (Wildman–Crippen MR) is 52.3 cm³/mol. The quantitative estimate of drug-likeness (QED) is 0.485. The van der Waals surface area contributed by atoms with Gasteiger partial charge in [0.25, 0.3) is 0 Å². The lowest BCUT2D eigenvalue weighted by atomic mass is 10.2. The first-order chi connectivity index (χ1) is 5.11. The summed E-state index contributed by atoms with van der Waals surface area (Å²) in [7, 11) is 3.69. The van der Waals surface area contributed by atoms with Crippen LogP contribution in [0.4, 0.5) is 0 Å². The molecule has 0 atom stereocenters. The second-order valence-corrected chi connectivity index (χ2v) is 3.17. The molecule has 0 aliphatic heterocycles. The fourth-order valence-electron chi connectivity index (χ4n) is 0.776. The molecule has 0 aromatic heterocycles. The molecule has 0 rings (SSSR count). The largest absolute Gasteiger partial charge is 0.365 e. The Bertz CT molecular complexity index is 125. The first-order valence-electron chi connectivity index (χ1n) is 3.78. The number of thiocarbonyl (C=S) groups is 1. The molecular weight excluding hydrogens is 158 g/mol. The van der Waals surface area contributed by atoms with Gasteiger partial charge < -0.3 is 5.32 Å². The first kappa shape index (κ1) is 10.7. The van der Waals surface area contributed by atoms with Gasteiger partial charge in [0.15, 0.2) is 5.11 Å². The third-order valence-electron chi connectivity index (χ3n) is 1.28. The van der Waals surface area contributed by atoms with E-state index in [0.717, 1.165) is 11.7 Å². The number of hydrogen-bond acceptors (Lipinski definition) is 2. The molecule has 0 saturated heterocycles. The summed E-state index contributed by atoms with van der Waals surface area (Å²) < 4.78 is 0. The van der Waals surface area contributed by atoms with Gasteiger partial charge in [-0.15, -0.1) is 0 Å². The SMILES string of the molecule is CNC(=S)N(CC(C)C)NC. The fraction of sp³-hybridized carbons (Fsp3) is 0.857. The van der Waals surface area contributed by atoms with Crippen molar-refractivity contribution in [1.29, 1.82) is 0 Å². The Morgan fingerprint density at radius 1 is 1.45 bits per heavy atom. The number of nitrogens with one attached hydrogen (secondary N) is 2. The smallest absolute Gasteiger partial charge is 0.183 e. The van der Waals surface area contributed by atoms with E-state index in [1.807, 2.05) is 19.1 Å². The third kappa shape index (κ3) is 4.16. The molecule has 4 heteroatoms. The second kappa shape index (κ2) is 5.32. The Morgan fingerprint density at radius 2 is 2.00 bits per heavy atom. The van der Waals surface area contributed by atoms with Gasteiger partial charge in [-0.25, -0.2) is 5.43 Å². The minimum absolute atomic E-state index is 0.605. The van der Waals surface area contributed by atoms with E-state index in [1.54, 1.807) is 0 Å². The molecule has 3 nitrogen and oxygen atoms in total. The predicted octanol–water partition coefficient (Wildman–Crippen LogP) is 0.583. The molecule has 0 spiro atoms. The zero-order valence-electron chi connectivity index (χ0n) is 7.64.